The van der Waals surface area contributed by atoms with Gasteiger partial charge in [-0.25, -0.2) is 8.42 Å². The molecule has 0 radical (unpaired) electrons. The first-order chi connectivity index (χ1) is 10.4. The second-order valence-electron chi connectivity index (χ2n) is 6.62. The van der Waals surface area contributed by atoms with Crippen molar-refractivity contribution in [3.63, 3.8) is 0 Å². The average Bonchev–Trinajstić information content (AvgIpc) is 2.40. The predicted molar refractivity (Wildman–Crippen MR) is 82.2 cm³/mol. The van der Waals surface area contributed by atoms with Crippen LogP contribution in [0.25, 0.3) is 0 Å². The number of sulfone groups is 1. The predicted octanol–water partition coefficient (Wildman–Crippen LogP) is 0.623. The van der Waals surface area contributed by atoms with Crippen molar-refractivity contribution in [1.82, 2.24) is 4.90 Å². The third kappa shape index (κ3) is 3.01. The molecule has 7 nitrogen and oxygen atoms in total. The molecule has 0 aromatic rings. The molecule has 1 saturated heterocycles. The van der Waals surface area contributed by atoms with Crippen LogP contribution in [0.3, 0.4) is 0 Å². The number of β-lactam (4-membered cyclic amide) rings is 1. The van der Waals surface area contributed by atoms with Crippen LogP contribution >= 0.6 is 11.6 Å². The topological polar surface area (TPSA) is 97.8 Å². The SMILES string of the molecule is CC(=O)OCC1=C(C(=O)C(C)(C)C)N2C(=O)[C@H](Cl)C2S(=O)(=O)C1. The number of Topliss-reactive ketones (excluding diaryl/α,β-unsaturated/α-hetero) is 1. The Morgan fingerprint density at radius 2 is 1.91 bits per heavy atom. The Balaban J connectivity index is 2.56. The minimum absolute atomic E-state index is 0.0134. The summed E-state index contributed by atoms with van der Waals surface area (Å²) in [6.45, 7) is 5.80. The monoisotopic (exact) mass is 363 g/mol. The van der Waals surface area contributed by atoms with Crippen molar-refractivity contribution in [2.24, 2.45) is 5.41 Å². The Bertz CT molecular complexity index is 718. The third-order valence-corrected chi connectivity index (χ3v) is 6.19. The molecular weight excluding hydrogens is 346 g/mol. The quantitative estimate of drug-likeness (QED) is 0.414. The first kappa shape index (κ1) is 17.9. The Hall–Kier alpha value is -1.41. The van der Waals surface area contributed by atoms with Gasteiger partial charge in [0.1, 0.15) is 12.0 Å². The van der Waals surface area contributed by atoms with E-state index in [-0.39, 0.29) is 17.9 Å². The second-order valence-corrected chi connectivity index (χ2v) is 9.19. The zero-order valence-electron chi connectivity index (χ0n) is 13.3. The summed E-state index contributed by atoms with van der Waals surface area (Å²) in [5.41, 5.74) is -0.742. The van der Waals surface area contributed by atoms with Crippen LogP contribution in [0.5, 0.6) is 0 Å². The molecule has 1 unspecified atom stereocenters. The molecule has 23 heavy (non-hydrogen) atoms. The standard InChI is InChI=1S/C14H18ClNO6S/c1-7(17)22-5-8-6-23(20,21)13-9(15)12(19)16(13)10(8)11(18)14(2,3)4/h9,13H,5-6H2,1-4H3/t9-,13?/m0/s1. The van der Waals surface area contributed by atoms with Gasteiger partial charge in [-0.1, -0.05) is 20.8 Å². The number of amides is 1. The van der Waals surface area contributed by atoms with Crippen LogP contribution in [0.15, 0.2) is 11.3 Å². The van der Waals surface area contributed by atoms with E-state index < -0.39 is 49.4 Å². The van der Waals surface area contributed by atoms with E-state index in [0.717, 1.165) is 4.90 Å². The Labute approximate surface area is 139 Å². The Kier molecular flexibility index (Phi) is 4.36. The smallest absolute Gasteiger partial charge is 0.302 e. The maximum absolute atomic E-state index is 12.7. The highest BCUT2D eigenvalue weighted by molar-refractivity contribution is 7.92. The molecule has 2 rings (SSSR count). The number of rotatable bonds is 3. The number of hydrogen-bond donors (Lipinski definition) is 0. The van der Waals surface area contributed by atoms with Gasteiger partial charge in [-0.15, -0.1) is 11.6 Å². The number of halogens is 1. The number of hydrogen-bond acceptors (Lipinski definition) is 6. The van der Waals surface area contributed by atoms with Gasteiger partial charge in [-0.3, -0.25) is 19.3 Å². The largest absolute Gasteiger partial charge is 0.461 e. The van der Waals surface area contributed by atoms with Crippen molar-refractivity contribution in [2.75, 3.05) is 12.4 Å². The van der Waals surface area contributed by atoms with E-state index in [1.165, 1.54) is 6.92 Å². The van der Waals surface area contributed by atoms with Gasteiger partial charge >= 0.3 is 5.97 Å². The molecule has 0 spiro atoms. The fraction of sp³-hybridized carbons (Fsp3) is 0.643. The molecule has 0 aliphatic carbocycles. The van der Waals surface area contributed by atoms with Crippen LogP contribution in [-0.4, -0.2) is 54.1 Å². The van der Waals surface area contributed by atoms with Gasteiger partial charge in [0.15, 0.2) is 21.0 Å². The summed E-state index contributed by atoms with van der Waals surface area (Å²) >= 11 is 5.83. The molecule has 0 N–H and O–H groups in total. The van der Waals surface area contributed by atoms with E-state index in [4.69, 9.17) is 16.3 Å². The average molecular weight is 364 g/mol. The van der Waals surface area contributed by atoms with Gasteiger partial charge in [0, 0.05) is 17.9 Å². The van der Waals surface area contributed by atoms with Gasteiger partial charge in [0.25, 0.3) is 0 Å². The number of carbonyl (C=O) groups is 3. The molecule has 0 aromatic carbocycles. The Morgan fingerprint density at radius 1 is 1.35 bits per heavy atom. The van der Waals surface area contributed by atoms with Crippen LogP contribution < -0.4 is 0 Å². The van der Waals surface area contributed by atoms with Gasteiger partial charge in [-0.05, 0) is 0 Å². The van der Waals surface area contributed by atoms with Crippen molar-refractivity contribution in [3.8, 4) is 0 Å². The van der Waals surface area contributed by atoms with Crippen LogP contribution in [0.2, 0.25) is 0 Å². The number of carbonyl (C=O) groups excluding carboxylic acids is 3. The molecule has 2 aliphatic rings. The lowest BCUT2D eigenvalue weighted by Gasteiger charge is -2.48. The molecule has 1 fully saturated rings. The fourth-order valence-corrected chi connectivity index (χ4v) is 5.08. The maximum atomic E-state index is 12.7. The van der Waals surface area contributed by atoms with Gasteiger partial charge in [-0.2, -0.15) is 0 Å². The van der Waals surface area contributed by atoms with Gasteiger partial charge < -0.3 is 4.74 Å². The van der Waals surface area contributed by atoms with Crippen LogP contribution in [0.4, 0.5) is 0 Å². The fourth-order valence-electron chi connectivity index (χ4n) is 2.50. The summed E-state index contributed by atoms with van der Waals surface area (Å²) in [6, 6.07) is 0. The molecule has 128 valence electrons. The highest BCUT2D eigenvalue weighted by atomic mass is 35.5. The van der Waals surface area contributed by atoms with Crippen molar-refractivity contribution in [1.29, 1.82) is 0 Å². The zero-order chi connectivity index (χ0) is 17.7. The van der Waals surface area contributed by atoms with E-state index in [9.17, 15) is 22.8 Å². The molecule has 1 amide bonds. The van der Waals surface area contributed by atoms with Crippen molar-refractivity contribution < 1.29 is 27.5 Å². The number of alkyl halides is 1. The normalized spacial score (nSPS) is 26.5. The lowest BCUT2D eigenvalue weighted by Crippen LogP contribution is -2.68. The summed E-state index contributed by atoms with van der Waals surface area (Å²) in [5.74, 6) is -2.09. The summed E-state index contributed by atoms with van der Waals surface area (Å²) in [6.07, 6.45) is 0. The molecule has 0 saturated carbocycles. The highest BCUT2D eigenvalue weighted by Gasteiger charge is 2.59. The highest BCUT2D eigenvalue weighted by Crippen LogP contribution is 2.41. The number of ether oxygens (including phenoxy) is 1. The lowest BCUT2D eigenvalue weighted by atomic mass is 9.86. The van der Waals surface area contributed by atoms with Crippen molar-refractivity contribution >= 4 is 39.1 Å². The van der Waals surface area contributed by atoms with Crippen molar-refractivity contribution in [2.45, 2.75) is 38.4 Å². The number of esters is 1. The summed E-state index contributed by atoms with van der Waals surface area (Å²) in [4.78, 5) is 36.7. The second kappa shape index (κ2) is 5.59. The van der Waals surface area contributed by atoms with E-state index in [2.05, 4.69) is 0 Å². The van der Waals surface area contributed by atoms with E-state index in [1.54, 1.807) is 20.8 Å². The minimum atomic E-state index is -3.74. The summed E-state index contributed by atoms with van der Waals surface area (Å²) in [5, 5.41) is -2.43. The van der Waals surface area contributed by atoms with E-state index >= 15 is 0 Å². The lowest BCUT2D eigenvalue weighted by molar-refractivity contribution is -0.142. The molecule has 2 atom stereocenters. The summed E-state index contributed by atoms with van der Waals surface area (Å²) in [7, 11) is -3.74. The Morgan fingerprint density at radius 3 is 2.39 bits per heavy atom. The minimum Gasteiger partial charge on any atom is -0.461 e. The van der Waals surface area contributed by atoms with Crippen LogP contribution in [0.1, 0.15) is 27.7 Å². The first-order valence-electron chi connectivity index (χ1n) is 6.97. The molecule has 0 bridgehead atoms. The molecule has 2 heterocycles. The number of nitrogens with zero attached hydrogens (tertiary/aromatic N) is 1. The third-order valence-electron chi connectivity index (χ3n) is 3.64. The maximum Gasteiger partial charge on any atom is 0.302 e. The molecule has 9 heteroatoms. The molecule has 0 aromatic heterocycles. The van der Waals surface area contributed by atoms with Crippen LogP contribution in [-0.2, 0) is 29.0 Å². The van der Waals surface area contributed by atoms with Gasteiger partial charge in [0.2, 0.25) is 5.91 Å². The number of fused-ring (bicyclic) bond motifs is 1. The van der Waals surface area contributed by atoms with Gasteiger partial charge in [0.05, 0.1) is 11.4 Å². The number of allylic oxidation sites excluding steroid dienone is 1. The zero-order valence-corrected chi connectivity index (χ0v) is 14.8. The first-order valence-corrected chi connectivity index (χ1v) is 9.12. The molecule has 2 aliphatic heterocycles. The number of ketones is 1. The van der Waals surface area contributed by atoms with Crippen LogP contribution in [0, 0.1) is 5.41 Å². The van der Waals surface area contributed by atoms with E-state index in [1.807, 2.05) is 0 Å². The van der Waals surface area contributed by atoms with Crippen molar-refractivity contribution in [3.05, 3.63) is 11.3 Å². The van der Waals surface area contributed by atoms with E-state index in [0.29, 0.717) is 0 Å². The summed E-state index contributed by atoms with van der Waals surface area (Å²) < 4.78 is 29.5. The molecular formula is C14H18ClNO6S.